The third-order valence-electron chi connectivity index (χ3n) is 10.7. The van der Waals surface area contributed by atoms with Gasteiger partial charge in [0.2, 0.25) is 0 Å². The van der Waals surface area contributed by atoms with E-state index in [0.717, 1.165) is 58.4 Å². The van der Waals surface area contributed by atoms with E-state index < -0.39 is 5.41 Å². The molecule has 1 spiro atoms. The fourth-order valence-corrected chi connectivity index (χ4v) is 8.56. The van der Waals surface area contributed by atoms with Crippen molar-refractivity contribution in [1.29, 1.82) is 0 Å². The second-order valence-electron chi connectivity index (χ2n) is 13.4. The summed E-state index contributed by atoms with van der Waals surface area (Å²) in [6.07, 6.45) is 19.1. The molecule has 10 rings (SSSR count). The first-order valence-electron chi connectivity index (χ1n) is 17.4. The topological polar surface area (TPSA) is 47.9 Å². The molecule has 2 unspecified atom stereocenters. The number of hydrogen-bond acceptors (Lipinski definition) is 4. The van der Waals surface area contributed by atoms with Crippen molar-refractivity contribution in [3.05, 3.63) is 203 Å². The molecule has 0 N–H and O–H groups in total. The maximum Gasteiger partial charge on any atom is 0.156 e. The van der Waals surface area contributed by atoms with Crippen LogP contribution in [0.1, 0.15) is 64.0 Å². The van der Waals surface area contributed by atoms with Crippen molar-refractivity contribution in [2.75, 3.05) is 0 Å². The van der Waals surface area contributed by atoms with E-state index in [1.54, 1.807) is 0 Å². The highest BCUT2D eigenvalue weighted by Gasteiger charge is 2.51. The lowest BCUT2D eigenvalue weighted by Gasteiger charge is -2.41. The summed E-state index contributed by atoms with van der Waals surface area (Å²) in [5, 5.41) is 0. The van der Waals surface area contributed by atoms with Crippen molar-refractivity contribution < 1.29 is 4.74 Å². The molecule has 0 radical (unpaired) electrons. The van der Waals surface area contributed by atoms with E-state index in [0.29, 0.717) is 0 Å². The monoisotopic (exact) mass is 643 g/mol. The molecule has 0 saturated heterocycles. The number of allylic oxidation sites excluding steroid dienone is 8. The van der Waals surface area contributed by atoms with Crippen molar-refractivity contribution in [3.8, 4) is 34.0 Å². The second kappa shape index (κ2) is 11.5. The molecule has 3 heterocycles. The van der Waals surface area contributed by atoms with Gasteiger partial charge in [-0.3, -0.25) is 4.98 Å². The van der Waals surface area contributed by atoms with E-state index in [2.05, 4.69) is 145 Å². The van der Waals surface area contributed by atoms with Gasteiger partial charge in [-0.25, -0.2) is 9.97 Å². The van der Waals surface area contributed by atoms with Gasteiger partial charge in [0.25, 0.3) is 0 Å². The Hall–Kier alpha value is -6.13. The zero-order valence-electron chi connectivity index (χ0n) is 27.4. The van der Waals surface area contributed by atoms with Gasteiger partial charge >= 0.3 is 0 Å². The third-order valence-corrected chi connectivity index (χ3v) is 10.7. The van der Waals surface area contributed by atoms with Gasteiger partial charge in [-0.1, -0.05) is 134 Å². The van der Waals surface area contributed by atoms with Crippen molar-refractivity contribution in [2.24, 2.45) is 0 Å². The number of rotatable bonds is 4. The molecule has 0 fully saturated rings. The second-order valence-corrected chi connectivity index (χ2v) is 13.4. The zero-order chi connectivity index (χ0) is 33.1. The summed E-state index contributed by atoms with van der Waals surface area (Å²) in [4.78, 5) is 15.0. The van der Waals surface area contributed by atoms with Crippen molar-refractivity contribution in [2.45, 2.75) is 30.1 Å². The molecule has 2 aromatic heterocycles. The Morgan fingerprint density at radius 1 is 0.620 bits per heavy atom. The Kier molecular flexibility index (Phi) is 6.63. The average molecular weight is 644 g/mol. The maximum atomic E-state index is 7.06. The minimum atomic E-state index is -0.508. The number of benzene rings is 4. The molecule has 2 atom stereocenters. The molecule has 50 heavy (non-hydrogen) atoms. The first-order valence-corrected chi connectivity index (χ1v) is 17.4. The molecular weight excluding hydrogens is 611 g/mol. The number of para-hydroxylation sites is 2. The molecule has 6 aromatic rings. The van der Waals surface area contributed by atoms with Crippen molar-refractivity contribution in [3.63, 3.8) is 0 Å². The van der Waals surface area contributed by atoms with E-state index in [1.807, 2.05) is 24.4 Å². The largest absolute Gasteiger partial charge is 0.456 e. The lowest BCUT2D eigenvalue weighted by atomic mass is 9.65. The lowest BCUT2D eigenvalue weighted by molar-refractivity contribution is 0.427. The smallest absolute Gasteiger partial charge is 0.156 e. The summed E-state index contributed by atoms with van der Waals surface area (Å²) < 4.78 is 7.06. The van der Waals surface area contributed by atoms with E-state index in [9.17, 15) is 0 Å². The van der Waals surface area contributed by atoms with Gasteiger partial charge in [0, 0.05) is 34.7 Å². The standard InChI is InChI=1S/C46H33N3O/c1-2-15-30(16-3-1)45-48-41(29-42(49-45)40-26-12-13-28-47-40)34-20-5-4-17-31(34)35-21-14-25-39-44(35)50-43-27-11-10-24-38(43)46(39)36-22-8-6-18-32(36)33-19-7-9-23-37(33)46/h1-2,4-15,17-29,31,34H,3,16H2. The highest BCUT2D eigenvalue weighted by atomic mass is 16.5. The van der Waals surface area contributed by atoms with Crippen molar-refractivity contribution >= 4 is 5.57 Å². The van der Waals surface area contributed by atoms with E-state index >= 15 is 0 Å². The Morgan fingerprint density at radius 3 is 2.10 bits per heavy atom. The fraction of sp³-hybridized carbons (Fsp3) is 0.109. The van der Waals surface area contributed by atoms with Crippen LogP contribution in [0.4, 0.5) is 0 Å². The molecule has 4 nitrogen and oxygen atoms in total. The normalized spacial score (nSPS) is 18.8. The van der Waals surface area contributed by atoms with Crippen molar-refractivity contribution in [1.82, 2.24) is 15.0 Å². The highest BCUT2D eigenvalue weighted by molar-refractivity contribution is 5.88. The van der Waals surface area contributed by atoms with Gasteiger partial charge in [-0.15, -0.1) is 0 Å². The number of nitrogens with zero attached hydrogens (tertiary/aromatic N) is 3. The molecule has 238 valence electrons. The predicted octanol–water partition coefficient (Wildman–Crippen LogP) is 10.7. The Labute approximate surface area is 291 Å². The quantitative estimate of drug-likeness (QED) is 0.191. The van der Waals surface area contributed by atoms with Gasteiger partial charge in [-0.2, -0.15) is 0 Å². The van der Waals surface area contributed by atoms with E-state index in [-0.39, 0.29) is 11.8 Å². The van der Waals surface area contributed by atoms with Crippen LogP contribution in [0.15, 0.2) is 164 Å². The lowest BCUT2D eigenvalue weighted by Crippen LogP contribution is -2.32. The summed E-state index contributed by atoms with van der Waals surface area (Å²) in [5.74, 6) is 2.52. The SMILES string of the molecule is C1=CCCC(c2nc(-c3ccccn3)cc(C3C=CC=CC3c3cccc4c3Oc3ccccc3C43c4ccccc4-c4ccccc43)n2)=C1. The molecule has 0 saturated carbocycles. The van der Waals surface area contributed by atoms with Crippen LogP contribution in [0, 0.1) is 0 Å². The average Bonchev–Trinajstić information content (AvgIpc) is 3.49. The Balaban J connectivity index is 1.18. The molecular formula is C46H33N3O. The van der Waals surface area contributed by atoms with Gasteiger partial charge in [0.1, 0.15) is 11.5 Å². The van der Waals surface area contributed by atoms with E-state index in [1.165, 1.54) is 33.4 Å². The first kappa shape index (κ1) is 28.8. The van der Waals surface area contributed by atoms with Crippen LogP contribution in [0.2, 0.25) is 0 Å². The molecule has 4 heteroatoms. The van der Waals surface area contributed by atoms with Crippen LogP contribution in [0.5, 0.6) is 11.5 Å². The minimum Gasteiger partial charge on any atom is -0.456 e. The Bertz CT molecular complexity index is 2390. The van der Waals surface area contributed by atoms with Gasteiger partial charge in [0.05, 0.1) is 22.5 Å². The summed E-state index contributed by atoms with van der Waals surface area (Å²) in [6, 6.07) is 41.2. The van der Waals surface area contributed by atoms with Crippen LogP contribution in [0.25, 0.3) is 28.1 Å². The molecule has 1 aliphatic heterocycles. The van der Waals surface area contributed by atoms with Gasteiger partial charge in [0.15, 0.2) is 5.82 Å². The predicted molar refractivity (Wildman–Crippen MR) is 199 cm³/mol. The van der Waals surface area contributed by atoms with Crippen LogP contribution < -0.4 is 4.74 Å². The molecule has 4 aliphatic rings. The van der Waals surface area contributed by atoms with Crippen LogP contribution >= 0.6 is 0 Å². The molecule has 0 bridgehead atoms. The molecule has 4 aromatic carbocycles. The summed E-state index contributed by atoms with van der Waals surface area (Å²) in [7, 11) is 0. The van der Waals surface area contributed by atoms with Gasteiger partial charge < -0.3 is 4.74 Å². The summed E-state index contributed by atoms with van der Waals surface area (Å²) in [5.41, 5.74) is 11.9. The number of pyridine rings is 1. The number of fused-ring (bicyclic) bond motifs is 9. The number of hydrogen-bond donors (Lipinski definition) is 0. The van der Waals surface area contributed by atoms with E-state index in [4.69, 9.17) is 14.7 Å². The number of ether oxygens (including phenoxy) is 1. The Morgan fingerprint density at radius 2 is 1.34 bits per heavy atom. The zero-order valence-corrected chi connectivity index (χ0v) is 27.4. The third kappa shape index (κ3) is 4.28. The minimum absolute atomic E-state index is 0.0243. The fourth-order valence-electron chi connectivity index (χ4n) is 8.56. The maximum absolute atomic E-state index is 7.06. The molecule has 0 amide bonds. The van der Waals surface area contributed by atoms with Crippen LogP contribution in [-0.2, 0) is 5.41 Å². The summed E-state index contributed by atoms with van der Waals surface area (Å²) >= 11 is 0. The summed E-state index contributed by atoms with van der Waals surface area (Å²) in [6.45, 7) is 0. The highest BCUT2D eigenvalue weighted by Crippen LogP contribution is 2.63. The number of aromatic nitrogens is 3. The van der Waals surface area contributed by atoms with Crippen LogP contribution in [-0.4, -0.2) is 15.0 Å². The van der Waals surface area contributed by atoms with Crippen LogP contribution in [0.3, 0.4) is 0 Å². The molecule has 3 aliphatic carbocycles. The first-order chi connectivity index (χ1) is 24.8. The van der Waals surface area contributed by atoms with Gasteiger partial charge in [-0.05, 0) is 64.9 Å².